The number of allylic oxidation sites excluding steroid dienone is 3. The van der Waals surface area contributed by atoms with Gasteiger partial charge in [0.1, 0.15) is 5.02 Å². The number of hydrogen-bond acceptors (Lipinski definition) is 4. The molecule has 1 aliphatic rings. The molecule has 5 nitrogen and oxygen atoms in total. The van der Waals surface area contributed by atoms with Crippen LogP contribution in [0.1, 0.15) is 5.56 Å². The molecule has 6 heteroatoms. The van der Waals surface area contributed by atoms with E-state index < -0.39 is 0 Å². The number of anilines is 1. The highest BCUT2D eigenvalue weighted by molar-refractivity contribution is 6.33. The maximum absolute atomic E-state index is 11.9. The Morgan fingerprint density at radius 1 is 1.21 bits per heavy atom. The Morgan fingerprint density at radius 3 is 2.79 bits per heavy atom. The highest BCUT2D eigenvalue weighted by Crippen LogP contribution is 2.19. The molecule has 0 radical (unpaired) electrons. The molecule has 122 valence electrons. The van der Waals surface area contributed by atoms with E-state index in [0.717, 1.165) is 12.2 Å². The van der Waals surface area contributed by atoms with Crippen LogP contribution < -0.4 is 10.9 Å². The van der Waals surface area contributed by atoms with Gasteiger partial charge in [0.25, 0.3) is 5.56 Å². The lowest BCUT2D eigenvalue weighted by molar-refractivity contribution is 0.499. The Labute approximate surface area is 145 Å². The van der Waals surface area contributed by atoms with E-state index in [9.17, 15) is 4.79 Å². The minimum Gasteiger partial charge on any atom is -0.352 e. The second kappa shape index (κ2) is 7.19. The SMILES string of the molecule is Cn1ncc(NC2=CN(Cc3ccccc3)C=CC=C2)c(Cl)c1=O. The number of nitrogens with zero attached hydrogens (tertiary/aromatic N) is 3. The first-order valence-corrected chi connectivity index (χ1v) is 7.86. The Bertz CT molecular complexity index is 868. The molecule has 1 aromatic carbocycles. The van der Waals surface area contributed by atoms with Crippen molar-refractivity contribution in [1.82, 2.24) is 14.7 Å². The van der Waals surface area contributed by atoms with Crippen molar-refractivity contribution in [3.63, 3.8) is 0 Å². The molecule has 2 heterocycles. The van der Waals surface area contributed by atoms with Gasteiger partial charge in [-0.3, -0.25) is 4.79 Å². The summed E-state index contributed by atoms with van der Waals surface area (Å²) in [6, 6.07) is 10.2. The molecule has 0 aliphatic carbocycles. The van der Waals surface area contributed by atoms with Gasteiger partial charge in [-0.25, -0.2) is 4.68 Å². The van der Waals surface area contributed by atoms with Gasteiger partial charge in [-0.05, 0) is 17.7 Å². The second-order valence-corrected chi connectivity index (χ2v) is 5.75. The van der Waals surface area contributed by atoms with Crippen molar-refractivity contribution in [2.24, 2.45) is 7.05 Å². The van der Waals surface area contributed by atoms with E-state index in [1.807, 2.05) is 48.8 Å². The molecule has 0 fully saturated rings. The number of aromatic nitrogens is 2. The zero-order valence-electron chi connectivity index (χ0n) is 13.2. The zero-order chi connectivity index (χ0) is 16.9. The van der Waals surface area contributed by atoms with Gasteiger partial charge in [0, 0.05) is 26.0 Å². The normalized spacial score (nSPS) is 13.6. The number of halogens is 1. The average molecular weight is 341 g/mol. The first-order chi connectivity index (χ1) is 11.6. The first kappa shape index (κ1) is 16.1. The van der Waals surface area contributed by atoms with E-state index in [0.29, 0.717) is 5.69 Å². The fourth-order valence-corrected chi connectivity index (χ4v) is 2.52. The summed E-state index contributed by atoms with van der Waals surface area (Å²) >= 11 is 6.11. The van der Waals surface area contributed by atoms with Gasteiger partial charge in [-0.2, -0.15) is 5.10 Å². The third-order valence-corrected chi connectivity index (χ3v) is 3.90. The molecule has 0 saturated carbocycles. The minimum absolute atomic E-state index is 0.119. The number of nitrogens with one attached hydrogen (secondary N) is 1. The van der Waals surface area contributed by atoms with Crippen LogP contribution in [0.2, 0.25) is 5.02 Å². The average Bonchev–Trinajstić information content (AvgIpc) is 2.81. The molecule has 1 aliphatic heterocycles. The molecule has 0 unspecified atom stereocenters. The molecule has 24 heavy (non-hydrogen) atoms. The molecule has 0 saturated heterocycles. The van der Waals surface area contributed by atoms with Crippen LogP contribution in [0.25, 0.3) is 0 Å². The minimum atomic E-state index is -0.334. The fraction of sp³-hybridized carbons (Fsp3) is 0.111. The molecule has 1 N–H and O–H groups in total. The second-order valence-electron chi connectivity index (χ2n) is 5.37. The summed E-state index contributed by atoms with van der Waals surface area (Å²) in [6.45, 7) is 0.743. The highest BCUT2D eigenvalue weighted by atomic mass is 35.5. The molecular weight excluding hydrogens is 324 g/mol. The van der Waals surface area contributed by atoms with Crippen LogP contribution in [0.15, 0.2) is 77.6 Å². The summed E-state index contributed by atoms with van der Waals surface area (Å²) in [5.41, 5.74) is 2.16. The highest BCUT2D eigenvalue weighted by Gasteiger charge is 2.09. The van der Waals surface area contributed by atoms with Crippen molar-refractivity contribution >= 4 is 17.3 Å². The van der Waals surface area contributed by atoms with Crippen molar-refractivity contribution < 1.29 is 0 Å². The fourth-order valence-electron chi connectivity index (χ4n) is 2.30. The first-order valence-electron chi connectivity index (χ1n) is 7.49. The lowest BCUT2D eigenvalue weighted by atomic mass is 10.2. The predicted octanol–water partition coefficient (Wildman–Crippen LogP) is 3.27. The van der Waals surface area contributed by atoms with Crippen LogP contribution in [0, 0.1) is 0 Å². The van der Waals surface area contributed by atoms with Crippen molar-refractivity contribution in [3.05, 3.63) is 93.8 Å². The van der Waals surface area contributed by atoms with Crippen molar-refractivity contribution in [2.45, 2.75) is 6.54 Å². The van der Waals surface area contributed by atoms with Crippen LogP contribution >= 0.6 is 11.6 Å². The van der Waals surface area contributed by atoms with Gasteiger partial charge >= 0.3 is 0 Å². The largest absolute Gasteiger partial charge is 0.352 e. The molecule has 0 amide bonds. The van der Waals surface area contributed by atoms with E-state index in [4.69, 9.17) is 11.6 Å². The van der Waals surface area contributed by atoms with E-state index in [-0.39, 0.29) is 10.6 Å². The van der Waals surface area contributed by atoms with Crippen LogP contribution in [-0.4, -0.2) is 14.7 Å². The van der Waals surface area contributed by atoms with E-state index >= 15 is 0 Å². The van der Waals surface area contributed by atoms with Crippen LogP contribution in [0.4, 0.5) is 5.69 Å². The molecule has 2 aromatic rings. The topological polar surface area (TPSA) is 50.2 Å². The van der Waals surface area contributed by atoms with Gasteiger partial charge in [0.05, 0.1) is 17.6 Å². The van der Waals surface area contributed by atoms with Crippen molar-refractivity contribution in [2.75, 3.05) is 5.32 Å². The standard InChI is InChI=1S/C18H17ClN4O/c1-22-18(24)17(19)16(11-20-22)21-15-9-5-6-10-23(13-15)12-14-7-3-2-4-8-14/h2-11,13,21H,12H2,1H3. The maximum Gasteiger partial charge on any atom is 0.287 e. The van der Waals surface area contributed by atoms with Gasteiger partial charge in [0.15, 0.2) is 0 Å². The number of aryl methyl sites for hydroxylation is 1. The molecule has 0 bridgehead atoms. The van der Waals surface area contributed by atoms with E-state index in [2.05, 4.69) is 27.4 Å². The number of hydrogen-bond donors (Lipinski definition) is 1. The monoisotopic (exact) mass is 340 g/mol. The lowest BCUT2D eigenvalue weighted by Crippen LogP contribution is -2.21. The maximum atomic E-state index is 11.9. The Balaban J connectivity index is 1.82. The summed E-state index contributed by atoms with van der Waals surface area (Å²) in [5.74, 6) is 0. The van der Waals surface area contributed by atoms with Crippen LogP contribution in [0.5, 0.6) is 0 Å². The lowest BCUT2D eigenvalue weighted by Gasteiger charge is -2.17. The third-order valence-electron chi connectivity index (χ3n) is 3.53. The smallest absolute Gasteiger partial charge is 0.287 e. The predicted molar refractivity (Wildman–Crippen MR) is 96.5 cm³/mol. The summed E-state index contributed by atoms with van der Waals surface area (Å²) in [4.78, 5) is 13.9. The molecule has 3 rings (SSSR count). The number of rotatable bonds is 4. The summed E-state index contributed by atoms with van der Waals surface area (Å²) < 4.78 is 1.20. The van der Waals surface area contributed by atoms with Gasteiger partial charge < -0.3 is 10.2 Å². The molecule has 0 spiro atoms. The summed E-state index contributed by atoms with van der Waals surface area (Å²) in [7, 11) is 1.56. The Hall–Kier alpha value is -2.79. The molecule has 1 aromatic heterocycles. The van der Waals surface area contributed by atoms with Crippen LogP contribution in [0.3, 0.4) is 0 Å². The van der Waals surface area contributed by atoms with E-state index in [1.165, 1.54) is 16.4 Å². The van der Waals surface area contributed by atoms with Gasteiger partial charge in [-0.1, -0.05) is 48.0 Å². The Kier molecular flexibility index (Phi) is 4.82. The number of benzene rings is 1. The quantitative estimate of drug-likeness (QED) is 0.928. The van der Waals surface area contributed by atoms with E-state index in [1.54, 1.807) is 7.05 Å². The third kappa shape index (κ3) is 3.75. The zero-order valence-corrected chi connectivity index (χ0v) is 13.9. The van der Waals surface area contributed by atoms with Gasteiger partial charge in [0.2, 0.25) is 0 Å². The van der Waals surface area contributed by atoms with Crippen LogP contribution in [-0.2, 0) is 13.6 Å². The molecule has 0 atom stereocenters. The van der Waals surface area contributed by atoms with Crippen molar-refractivity contribution in [1.29, 1.82) is 0 Å². The van der Waals surface area contributed by atoms with Crippen molar-refractivity contribution in [3.8, 4) is 0 Å². The summed E-state index contributed by atoms with van der Waals surface area (Å²) in [5, 5.41) is 7.27. The Morgan fingerprint density at radius 2 is 2.00 bits per heavy atom. The molecular formula is C18H17ClN4O. The van der Waals surface area contributed by atoms with Gasteiger partial charge in [-0.15, -0.1) is 0 Å². The summed E-state index contributed by atoms with van der Waals surface area (Å²) in [6.07, 6.45) is 11.3.